The second-order valence-corrected chi connectivity index (χ2v) is 7.40. The van der Waals surface area contributed by atoms with Crippen LogP contribution in [0, 0.1) is 23.7 Å². The third-order valence-electron chi connectivity index (χ3n) is 5.48. The first-order valence-corrected chi connectivity index (χ1v) is 8.23. The highest BCUT2D eigenvalue weighted by Gasteiger charge is 2.68. The number of esters is 1. The van der Waals surface area contributed by atoms with Gasteiger partial charge in [-0.2, -0.15) is 0 Å². The molecule has 0 aromatic carbocycles. The second kappa shape index (κ2) is 4.21. The first kappa shape index (κ1) is 12.2. The van der Waals surface area contributed by atoms with Crippen LogP contribution in [0.25, 0.3) is 0 Å². The van der Waals surface area contributed by atoms with E-state index in [0.29, 0.717) is 5.92 Å². The van der Waals surface area contributed by atoms with Gasteiger partial charge in [-0.25, -0.2) is 0 Å². The molecule has 104 valence electrons. The lowest BCUT2D eigenvalue weighted by Crippen LogP contribution is -2.46. The van der Waals surface area contributed by atoms with Crippen molar-refractivity contribution >= 4 is 27.8 Å². The van der Waals surface area contributed by atoms with Crippen LogP contribution in [0.2, 0.25) is 0 Å². The van der Waals surface area contributed by atoms with Gasteiger partial charge in [0, 0.05) is 19.0 Å². The average Bonchev–Trinajstić information content (AvgIpc) is 3.03. The number of rotatable bonds is 1. The largest absolute Gasteiger partial charge is 0.461 e. The molecule has 0 spiro atoms. The Kier molecular flexibility index (Phi) is 2.70. The number of carbonyl (C=O) groups is 2. The lowest BCUT2D eigenvalue weighted by molar-refractivity contribution is -0.148. The molecule has 5 heteroatoms. The van der Waals surface area contributed by atoms with Gasteiger partial charge in [0.05, 0.1) is 16.7 Å². The van der Waals surface area contributed by atoms with Gasteiger partial charge >= 0.3 is 5.97 Å². The van der Waals surface area contributed by atoms with Crippen LogP contribution >= 0.6 is 15.9 Å². The molecule has 0 radical (unpaired) electrons. The maximum absolute atomic E-state index is 12.8. The van der Waals surface area contributed by atoms with Gasteiger partial charge in [-0.1, -0.05) is 15.9 Å². The third-order valence-corrected chi connectivity index (χ3v) is 6.68. The molecule has 2 aliphatic heterocycles. The van der Waals surface area contributed by atoms with E-state index in [-0.39, 0.29) is 40.6 Å². The lowest BCUT2D eigenvalue weighted by Gasteiger charge is -2.34. The maximum atomic E-state index is 12.8. The molecule has 2 bridgehead atoms. The second-order valence-electron chi connectivity index (χ2n) is 6.35. The van der Waals surface area contributed by atoms with Crippen LogP contribution in [0.4, 0.5) is 0 Å². The van der Waals surface area contributed by atoms with Gasteiger partial charge in [0.15, 0.2) is 0 Å². The SMILES string of the molecule is O=C1O[C@H]2[C@H](Br)[C@@H]3C[C@H]2[C@H]1[C@H]3C(=O)N1CCCCC1. The molecule has 0 unspecified atom stereocenters. The molecule has 4 rings (SSSR count). The van der Waals surface area contributed by atoms with E-state index in [1.807, 2.05) is 4.90 Å². The van der Waals surface area contributed by atoms with Crippen molar-refractivity contribution in [2.45, 2.75) is 36.6 Å². The summed E-state index contributed by atoms with van der Waals surface area (Å²) in [4.78, 5) is 26.9. The Bertz CT molecular complexity index is 434. The summed E-state index contributed by atoms with van der Waals surface area (Å²) in [5.41, 5.74) is 0. The van der Waals surface area contributed by atoms with Crippen molar-refractivity contribution in [1.29, 1.82) is 0 Å². The number of nitrogens with zero attached hydrogens (tertiary/aromatic N) is 1. The topological polar surface area (TPSA) is 46.6 Å². The number of hydrogen-bond acceptors (Lipinski definition) is 3. The number of ether oxygens (including phenoxy) is 1. The highest BCUT2D eigenvalue weighted by Crippen LogP contribution is 2.60. The Hall–Kier alpha value is -0.580. The number of hydrogen-bond donors (Lipinski definition) is 0. The molecule has 0 N–H and O–H groups in total. The van der Waals surface area contributed by atoms with Crippen LogP contribution < -0.4 is 0 Å². The van der Waals surface area contributed by atoms with Crippen molar-refractivity contribution < 1.29 is 14.3 Å². The highest BCUT2D eigenvalue weighted by atomic mass is 79.9. The zero-order valence-corrected chi connectivity index (χ0v) is 12.3. The van der Waals surface area contributed by atoms with Crippen molar-refractivity contribution in [1.82, 2.24) is 4.90 Å². The molecule has 4 nitrogen and oxygen atoms in total. The summed E-state index contributed by atoms with van der Waals surface area (Å²) < 4.78 is 5.46. The van der Waals surface area contributed by atoms with Crippen LogP contribution in [0.1, 0.15) is 25.7 Å². The Morgan fingerprint density at radius 1 is 1.21 bits per heavy atom. The fraction of sp³-hybridized carbons (Fsp3) is 0.857. The number of amides is 1. The number of carbonyl (C=O) groups excluding carboxylic acids is 2. The smallest absolute Gasteiger partial charge is 0.310 e. The molecule has 0 aromatic heterocycles. The normalized spacial score (nSPS) is 47.6. The van der Waals surface area contributed by atoms with Gasteiger partial charge in [-0.3, -0.25) is 9.59 Å². The zero-order chi connectivity index (χ0) is 13.1. The van der Waals surface area contributed by atoms with Gasteiger partial charge in [0.25, 0.3) is 0 Å². The van der Waals surface area contributed by atoms with Crippen LogP contribution in [0.15, 0.2) is 0 Å². The van der Waals surface area contributed by atoms with Gasteiger partial charge in [-0.05, 0) is 31.6 Å². The van der Waals surface area contributed by atoms with Gasteiger partial charge in [0.1, 0.15) is 6.10 Å². The number of alkyl halides is 1. The fourth-order valence-electron chi connectivity index (χ4n) is 4.63. The molecular formula is C14H18BrNO3. The van der Waals surface area contributed by atoms with Crippen LogP contribution in [0.3, 0.4) is 0 Å². The van der Waals surface area contributed by atoms with Crippen molar-refractivity contribution in [2.24, 2.45) is 23.7 Å². The van der Waals surface area contributed by atoms with E-state index in [0.717, 1.165) is 32.4 Å². The van der Waals surface area contributed by atoms with E-state index in [4.69, 9.17) is 4.74 Å². The van der Waals surface area contributed by atoms with Crippen molar-refractivity contribution in [3.63, 3.8) is 0 Å². The summed E-state index contributed by atoms with van der Waals surface area (Å²) in [6.07, 6.45) is 4.41. The predicted molar refractivity (Wildman–Crippen MR) is 71.6 cm³/mol. The number of likely N-dealkylation sites (tertiary alicyclic amines) is 1. The van der Waals surface area contributed by atoms with Gasteiger partial charge in [0.2, 0.25) is 5.91 Å². The van der Waals surface area contributed by atoms with E-state index in [1.165, 1.54) is 6.42 Å². The number of piperidine rings is 1. The van der Waals surface area contributed by atoms with Crippen LogP contribution in [0.5, 0.6) is 0 Å². The van der Waals surface area contributed by atoms with E-state index in [1.54, 1.807) is 0 Å². The molecule has 4 aliphatic rings. The van der Waals surface area contributed by atoms with E-state index in [2.05, 4.69) is 15.9 Å². The summed E-state index contributed by atoms with van der Waals surface area (Å²) in [7, 11) is 0. The first-order valence-electron chi connectivity index (χ1n) is 7.32. The van der Waals surface area contributed by atoms with Gasteiger partial charge < -0.3 is 9.64 Å². The minimum Gasteiger partial charge on any atom is -0.461 e. The summed E-state index contributed by atoms with van der Waals surface area (Å²) >= 11 is 3.66. The molecule has 2 saturated heterocycles. The third kappa shape index (κ3) is 1.57. The Balaban J connectivity index is 1.61. The molecule has 19 heavy (non-hydrogen) atoms. The number of halogens is 1. The molecular weight excluding hydrogens is 310 g/mol. The average molecular weight is 328 g/mol. The van der Waals surface area contributed by atoms with E-state index >= 15 is 0 Å². The Morgan fingerprint density at radius 2 is 1.95 bits per heavy atom. The highest BCUT2D eigenvalue weighted by molar-refractivity contribution is 9.09. The molecule has 0 aromatic rings. The molecule has 2 aliphatic carbocycles. The quantitative estimate of drug-likeness (QED) is 0.542. The summed E-state index contributed by atoms with van der Waals surface area (Å²) in [5, 5.41) is 0. The number of fused-ring (bicyclic) bond motifs is 1. The van der Waals surface area contributed by atoms with Gasteiger partial charge in [-0.15, -0.1) is 0 Å². The zero-order valence-electron chi connectivity index (χ0n) is 10.8. The maximum Gasteiger partial charge on any atom is 0.310 e. The minimum absolute atomic E-state index is 0.0212. The van der Waals surface area contributed by atoms with Crippen LogP contribution in [-0.2, 0) is 14.3 Å². The van der Waals surface area contributed by atoms with Crippen LogP contribution in [-0.4, -0.2) is 40.8 Å². The molecule has 1 amide bonds. The molecule has 2 heterocycles. The Labute approximate surface area is 121 Å². The predicted octanol–water partition coefficient (Wildman–Crippen LogP) is 1.57. The molecule has 6 atom stereocenters. The summed E-state index contributed by atoms with van der Waals surface area (Å²) in [6, 6.07) is 0. The van der Waals surface area contributed by atoms with E-state index in [9.17, 15) is 9.59 Å². The van der Waals surface area contributed by atoms with E-state index < -0.39 is 0 Å². The summed E-state index contributed by atoms with van der Waals surface area (Å²) in [6.45, 7) is 1.73. The molecule has 4 fully saturated rings. The lowest BCUT2D eigenvalue weighted by atomic mass is 9.79. The van der Waals surface area contributed by atoms with Crippen molar-refractivity contribution in [3.8, 4) is 0 Å². The van der Waals surface area contributed by atoms with Crippen molar-refractivity contribution in [3.05, 3.63) is 0 Å². The Morgan fingerprint density at radius 3 is 2.68 bits per heavy atom. The van der Waals surface area contributed by atoms with Crippen molar-refractivity contribution in [2.75, 3.05) is 13.1 Å². The minimum atomic E-state index is -0.154. The first-order chi connectivity index (χ1) is 9.18. The molecule has 2 saturated carbocycles. The standard InChI is InChI=1S/C14H18BrNO3/c15-11-7-6-8-10(14(18)19-12(8)11)9(7)13(17)16-4-2-1-3-5-16/h7-12H,1-6H2/t7-,8+,9+,10+,11-,12-/m1/s1. The summed E-state index contributed by atoms with van der Waals surface area (Å²) in [5.74, 6) is 0.368. The fourth-order valence-corrected chi connectivity index (χ4v) is 5.68. The monoisotopic (exact) mass is 327 g/mol.